The Labute approximate surface area is 99.2 Å². The monoisotopic (exact) mass is 237 g/mol. The molecule has 6 nitrogen and oxygen atoms in total. The van der Waals surface area contributed by atoms with Gasteiger partial charge in [-0.2, -0.15) is 0 Å². The van der Waals surface area contributed by atoms with Gasteiger partial charge in [0.2, 0.25) is 0 Å². The van der Waals surface area contributed by atoms with Crippen molar-refractivity contribution in [2.24, 2.45) is 0 Å². The van der Waals surface area contributed by atoms with Gasteiger partial charge in [-0.1, -0.05) is 6.07 Å². The largest absolute Gasteiger partial charge is 0.382 e. The number of nitrogens with zero attached hydrogens (tertiary/aromatic N) is 1. The minimum absolute atomic E-state index is 0.0218. The normalized spacial score (nSPS) is 10.1. The predicted molar refractivity (Wildman–Crippen MR) is 65.2 cm³/mol. The smallest absolute Gasteiger partial charge is 0.293 e. The van der Waals surface area contributed by atoms with Crippen molar-refractivity contribution in [3.8, 4) is 0 Å². The summed E-state index contributed by atoms with van der Waals surface area (Å²) in [6, 6.07) is 4.38. The number of hydrogen-bond acceptors (Lipinski definition) is 4. The van der Waals surface area contributed by atoms with Crippen molar-refractivity contribution in [3.63, 3.8) is 0 Å². The lowest BCUT2D eigenvalue weighted by Gasteiger charge is -2.11. The Hall–Kier alpha value is -2.11. The maximum atomic E-state index is 11.8. The van der Waals surface area contributed by atoms with Crippen molar-refractivity contribution in [1.82, 2.24) is 5.32 Å². The van der Waals surface area contributed by atoms with E-state index in [1.807, 2.05) is 13.8 Å². The Morgan fingerprint density at radius 1 is 1.41 bits per heavy atom. The van der Waals surface area contributed by atoms with E-state index >= 15 is 0 Å². The molecule has 1 aromatic carbocycles. The molecular formula is C11H15N3O3. The molecule has 0 aliphatic rings. The number of carbonyl (C=O) groups is 1. The molecule has 0 unspecified atom stereocenters. The van der Waals surface area contributed by atoms with Crippen LogP contribution in [0.4, 0.5) is 11.4 Å². The summed E-state index contributed by atoms with van der Waals surface area (Å²) in [5.41, 5.74) is 0.398. The molecule has 0 saturated heterocycles. The molecule has 0 aliphatic heterocycles. The molecule has 1 rings (SSSR count). The van der Waals surface area contributed by atoms with Gasteiger partial charge in [-0.05, 0) is 19.9 Å². The van der Waals surface area contributed by atoms with E-state index in [-0.39, 0.29) is 28.9 Å². The summed E-state index contributed by atoms with van der Waals surface area (Å²) >= 11 is 0. The maximum absolute atomic E-state index is 11.8. The summed E-state index contributed by atoms with van der Waals surface area (Å²) in [5.74, 6) is -0.326. The van der Waals surface area contributed by atoms with E-state index in [0.29, 0.717) is 0 Å². The van der Waals surface area contributed by atoms with Gasteiger partial charge in [0.05, 0.1) is 10.5 Å². The fourth-order valence-electron chi connectivity index (χ4n) is 1.48. The fraction of sp³-hybridized carbons (Fsp3) is 0.364. The van der Waals surface area contributed by atoms with Gasteiger partial charge in [0, 0.05) is 19.2 Å². The number of nitro benzene ring substituents is 1. The van der Waals surface area contributed by atoms with Crippen molar-refractivity contribution in [2.75, 3.05) is 12.4 Å². The molecule has 0 bridgehead atoms. The van der Waals surface area contributed by atoms with Gasteiger partial charge in [-0.25, -0.2) is 0 Å². The first-order valence-electron chi connectivity index (χ1n) is 5.23. The van der Waals surface area contributed by atoms with Crippen LogP contribution in [0.2, 0.25) is 0 Å². The number of anilines is 1. The van der Waals surface area contributed by atoms with Crippen LogP contribution in [0.25, 0.3) is 0 Å². The standard InChI is InChI=1S/C11H15N3O3/c1-7(2)13-11(15)8-5-4-6-9(14(16)17)10(8)12-3/h4-7,12H,1-3H3,(H,13,15). The Kier molecular flexibility index (Phi) is 4.03. The summed E-state index contributed by atoms with van der Waals surface area (Å²) in [7, 11) is 1.55. The summed E-state index contributed by atoms with van der Waals surface area (Å²) in [6.07, 6.45) is 0. The van der Waals surface area contributed by atoms with E-state index in [4.69, 9.17) is 0 Å². The van der Waals surface area contributed by atoms with E-state index < -0.39 is 4.92 Å². The lowest BCUT2D eigenvalue weighted by Crippen LogP contribution is -2.30. The highest BCUT2D eigenvalue weighted by Gasteiger charge is 2.20. The van der Waals surface area contributed by atoms with Crippen LogP contribution in [0.3, 0.4) is 0 Å². The molecular weight excluding hydrogens is 222 g/mol. The second-order valence-electron chi connectivity index (χ2n) is 3.83. The van der Waals surface area contributed by atoms with Crippen molar-refractivity contribution in [1.29, 1.82) is 0 Å². The molecule has 0 spiro atoms. The molecule has 2 N–H and O–H groups in total. The number of para-hydroxylation sites is 1. The van der Waals surface area contributed by atoms with Gasteiger partial charge in [0.15, 0.2) is 0 Å². The van der Waals surface area contributed by atoms with Gasteiger partial charge in [0.1, 0.15) is 5.69 Å². The summed E-state index contributed by atoms with van der Waals surface area (Å²) in [4.78, 5) is 22.1. The zero-order chi connectivity index (χ0) is 13.0. The molecule has 0 heterocycles. The Morgan fingerprint density at radius 2 is 2.06 bits per heavy atom. The van der Waals surface area contributed by atoms with Gasteiger partial charge >= 0.3 is 0 Å². The van der Waals surface area contributed by atoms with Crippen LogP contribution in [0, 0.1) is 10.1 Å². The van der Waals surface area contributed by atoms with Crippen LogP contribution in [-0.4, -0.2) is 23.9 Å². The highest BCUT2D eigenvalue weighted by Crippen LogP contribution is 2.27. The Balaban J connectivity index is 3.20. The molecule has 0 fully saturated rings. The molecule has 1 amide bonds. The first-order chi connectivity index (χ1) is 7.97. The Morgan fingerprint density at radius 3 is 2.53 bits per heavy atom. The highest BCUT2D eigenvalue weighted by molar-refractivity contribution is 6.01. The topological polar surface area (TPSA) is 84.3 Å². The first kappa shape index (κ1) is 13.0. The number of carbonyl (C=O) groups excluding carboxylic acids is 1. The first-order valence-corrected chi connectivity index (χ1v) is 5.23. The highest BCUT2D eigenvalue weighted by atomic mass is 16.6. The number of nitro groups is 1. The molecule has 6 heteroatoms. The number of nitrogens with one attached hydrogen (secondary N) is 2. The Bertz CT molecular complexity index is 444. The molecule has 0 radical (unpaired) electrons. The van der Waals surface area contributed by atoms with Crippen LogP contribution in [0.15, 0.2) is 18.2 Å². The van der Waals surface area contributed by atoms with Crippen LogP contribution >= 0.6 is 0 Å². The molecule has 92 valence electrons. The summed E-state index contributed by atoms with van der Waals surface area (Å²) in [5, 5.41) is 16.2. The minimum atomic E-state index is -0.516. The lowest BCUT2D eigenvalue weighted by atomic mass is 10.1. The molecule has 17 heavy (non-hydrogen) atoms. The van der Waals surface area contributed by atoms with Gasteiger partial charge in [-0.15, -0.1) is 0 Å². The molecule has 0 aliphatic carbocycles. The third kappa shape index (κ3) is 2.93. The SMILES string of the molecule is CNc1c(C(=O)NC(C)C)cccc1[N+](=O)[O-]. The summed E-state index contributed by atoms with van der Waals surface area (Å²) < 4.78 is 0. The van der Waals surface area contributed by atoms with E-state index in [1.54, 1.807) is 13.1 Å². The maximum Gasteiger partial charge on any atom is 0.293 e. The van der Waals surface area contributed by atoms with Gasteiger partial charge in [-0.3, -0.25) is 14.9 Å². The number of rotatable bonds is 4. The van der Waals surface area contributed by atoms with Gasteiger partial charge in [0.25, 0.3) is 11.6 Å². The number of amides is 1. The van der Waals surface area contributed by atoms with Crippen molar-refractivity contribution < 1.29 is 9.72 Å². The van der Waals surface area contributed by atoms with Gasteiger partial charge < -0.3 is 10.6 Å². The molecule has 0 aromatic heterocycles. The van der Waals surface area contributed by atoms with E-state index in [9.17, 15) is 14.9 Å². The molecule has 1 aromatic rings. The average Bonchev–Trinajstić information content (AvgIpc) is 2.26. The van der Waals surface area contributed by atoms with Crippen molar-refractivity contribution in [3.05, 3.63) is 33.9 Å². The van der Waals surface area contributed by atoms with Crippen LogP contribution in [-0.2, 0) is 0 Å². The summed E-state index contributed by atoms with van der Waals surface area (Å²) in [6.45, 7) is 3.66. The minimum Gasteiger partial charge on any atom is -0.382 e. The second kappa shape index (κ2) is 5.29. The molecule has 0 atom stereocenters. The quantitative estimate of drug-likeness (QED) is 0.617. The molecule has 0 saturated carbocycles. The van der Waals surface area contributed by atoms with Crippen molar-refractivity contribution in [2.45, 2.75) is 19.9 Å². The van der Waals surface area contributed by atoms with Crippen LogP contribution in [0.1, 0.15) is 24.2 Å². The van der Waals surface area contributed by atoms with E-state index in [1.165, 1.54) is 12.1 Å². The third-order valence-electron chi connectivity index (χ3n) is 2.15. The number of hydrogen-bond donors (Lipinski definition) is 2. The van der Waals surface area contributed by atoms with Crippen LogP contribution in [0.5, 0.6) is 0 Å². The lowest BCUT2D eigenvalue weighted by molar-refractivity contribution is -0.384. The zero-order valence-corrected chi connectivity index (χ0v) is 9.98. The number of benzene rings is 1. The van der Waals surface area contributed by atoms with E-state index in [0.717, 1.165) is 0 Å². The zero-order valence-electron chi connectivity index (χ0n) is 9.98. The second-order valence-corrected chi connectivity index (χ2v) is 3.83. The van der Waals surface area contributed by atoms with Crippen molar-refractivity contribution >= 4 is 17.3 Å². The third-order valence-corrected chi connectivity index (χ3v) is 2.15. The average molecular weight is 237 g/mol. The van der Waals surface area contributed by atoms with Crippen LogP contribution < -0.4 is 10.6 Å². The fourth-order valence-corrected chi connectivity index (χ4v) is 1.48. The van der Waals surface area contributed by atoms with E-state index in [2.05, 4.69) is 10.6 Å². The predicted octanol–water partition coefficient (Wildman–Crippen LogP) is 1.77.